The summed E-state index contributed by atoms with van der Waals surface area (Å²) in [4.78, 5) is 0. The van der Waals surface area contributed by atoms with Gasteiger partial charge in [-0.2, -0.15) is 5.10 Å². The third-order valence-corrected chi connectivity index (χ3v) is 3.49. The highest BCUT2D eigenvalue weighted by molar-refractivity contribution is 5.86. The summed E-state index contributed by atoms with van der Waals surface area (Å²) in [5, 5.41) is 10.1. The van der Waals surface area contributed by atoms with E-state index in [0.29, 0.717) is 12.4 Å². The smallest absolute Gasteiger partial charge is 0.246 e. The van der Waals surface area contributed by atoms with Gasteiger partial charge < -0.3 is 10.5 Å². The van der Waals surface area contributed by atoms with Crippen LogP contribution in [0.5, 0.6) is 11.6 Å². The van der Waals surface area contributed by atoms with E-state index >= 15 is 0 Å². The lowest BCUT2D eigenvalue weighted by atomic mass is 10.1. The lowest BCUT2D eigenvalue weighted by molar-refractivity contribution is 0.455. The van der Waals surface area contributed by atoms with Crippen molar-refractivity contribution in [3.05, 3.63) is 59.3 Å². The molecule has 1 heterocycles. The molecular formula is C17H17N3O. The maximum absolute atomic E-state index is 6.04. The highest BCUT2D eigenvalue weighted by Gasteiger charge is 2.11. The second-order valence-corrected chi connectivity index (χ2v) is 5.10. The van der Waals surface area contributed by atoms with E-state index < -0.39 is 0 Å². The molecule has 21 heavy (non-hydrogen) atoms. The minimum Gasteiger partial charge on any atom is -0.436 e. The van der Waals surface area contributed by atoms with Crippen LogP contribution in [0, 0.1) is 13.8 Å². The standard InChI is InChI=1S/C17H17N3O/c1-11-7-13(9-18)8-12(2)16(11)21-17-15-6-4-3-5-14(15)10-19-20-17/h3-8,10H,9,18H2,1-2H3. The van der Waals surface area contributed by atoms with E-state index in [1.54, 1.807) is 6.20 Å². The molecule has 0 saturated heterocycles. The highest BCUT2D eigenvalue weighted by Crippen LogP contribution is 2.32. The molecule has 2 aromatic carbocycles. The number of ether oxygens (including phenoxy) is 1. The van der Waals surface area contributed by atoms with Crippen LogP contribution in [-0.2, 0) is 6.54 Å². The second-order valence-electron chi connectivity index (χ2n) is 5.10. The molecule has 0 radical (unpaired) electrons. The van der Waals surface area contributed by atoms with E-state index in [-0.39, 0.29) is 0 Å². The van der Waals surface area contributed by atoms with Gasteiger partial charge in [-0.25, -0.2) is 0 Å². The summed E-state index contributed by atoms with van der Waals surface area (Å²) >= 11 is 0. The summed E-state index contributed by atoms with van der Waals surface area (Å²) in [6, 6.07) is 12.0. The number of nitrogens with two attached hydrogens (primary N) is 1. The zero-order valence-corrected chi connectivity index (χ0v) is 12.1. The van der Waals surface area contributed by atoms with Gasteiger partial charge in [0.1, 0.15) is 5.75 Å². The van der Waals surface area contributed by atoms with Gasteiger partial charge in [0.15, 0.2) is 0 Å². The van der Waals surface area contributed by atoms with Crippen LogP contribution >= 0.6 is 0 Å². The van der Waals surface area contributed by atoms with Gasteiger partial charge in [0.05, 0.1) is 6.20 Å². The minimum atomic E-state index is 0.524. The number of hydrogen-bond donors (Lipinski definition) is 1. The van der Waals surface area contributed by atoms with Crippen LogP contribution in [0.2, 0.25) is 0 Å². The number of fused-ring (bicyclic) bond motifs is 1. The van der Waals surface area contributed by atoms with E-state index in [2.05, 4.69) is 10.2 Å². The molecule has 106 valence electrons. The molecule has 0 bridgehead atoms. The lowest BCUT2D eigenvalue weighted by Crippen LogP contribution is -2.00. The van der Waals surface area contributed by atoms with Gasteiger partial charge in [-0.1, -0.05) is 30.3 Å². The first-order valence-corrected chi connectivity index (χ1v) is 6.87. The normalized spacial score (nSPS) is 10.8. The van der Waals surface area contributed by atoms with Crippen molar-refractivity contribution in [3.63, 3.8) is 0 Å². The van der Waals surface area contributed by atoms with Crippen LogP contribution in [0.15, 0.2) is 42.6 Å². The van der Waals surface area contributed by atoms with E-state index in [0.717, 1.165) is 33.2 Å². The fraction of sp³-hybridized carbons (Fsp3) is 0.176. The molecule has 1 aromatic heterocycles. The summed E-state index contributed by atoms with van der Waals surface area (Å²) < 4.78 is 6.04. The van der Waals surface area contributed by atoms with Crippen molar-refractivity contribution in [1.29, 1.82) is 0 Å². The van der Waals surface area contributed by atoms with Crippen molar-refractivity contribution in [2.45, 2.75) is 20.4 Å². The third-order valence-electron chi connectivity index (χ3n) is 3.49. The highest BCUT2D eigenvalue weighted by atomic mass is 16.5. The third kappa shape index (κ3) is 2.58. The lowest BCUT2D eigenvalue weighted by Gasteiger charge is -2.13. The van der Waals surface area contributed by atoms with Crippen LogP contribution in [0.25, 0.3) is 10.8 Å². The van der Waals surface area contributed by atoms with Gasteiger partial charge in [0.25, 0.3) is 0 Å². The van der Waals surface area contributed by atoms with Gasteiger partial charge in [-0.05, 0) is 36.6 Å². The summed E-state index contributed by atoms with van der Waals surface area (Å²) in [5.74, 6) is 1.35. The van der Waals surface area contributed by atoms with Crippen LogP contribution in [-0.4, -0.2) is 10.2 Å². The molecule has 0 saturated carbocycles. The Hall–Kier alpha value is -2.46. The maximum atomic E-state index is 6.04. The SMILES string of the molecule is Cc1cc(CN)cc(C)c1Oc1nncc2ccccc12. The molecule has 0 aliphatic rings. The topological polar surface area (TPSA) is 61.0 Å². The Morgan fingerprint density at radius 2 is 1.81 bits per heavy atom. The Morgan fingerprint density at radius 1 is 1.10 bits per heavy atom. The molecule has 4 heteroatoms. The largest absolute Gasteiger partial charge is 0.436 e. The number of aromatic nitrogens is 2. The molecule has 2 N–H and O–H groups in total. The van der Waals surface area contributed by atoms with E-state index in [9.17, 15) is 0 Å². The Labute approximate surface area is 123 Å². The summed E-state index contributed by atoms with van der Waals surface area (Å²) in [6.07, 6.45) is 1.74. The molecular weight excluding hydrogens is 262 g/mol. The Balaban J connectivity index is 2.07. The zero-order valence-electron chi connectivity index (χ0n) is 12.1. The monoisotopic (exact) mass is 279 g/mol. The van der Waals surface area contributed by atoms with E-state index in [4.69, 9.17) is 10.5 Å². The number of hydrogen-bond acceptors (Lipinski definition) is 4. The summed E-state index contributed by atoms with van der Waals surface area (Å²) in [6.45, 7) is 4.55. The number of rotatable bonds is 3. The van der Waals surface area contributed by atoms with Crippen LogP contribution in [0.1, 0.15) is 16.7 Å². The zero-order chi connectivity index (χ0) is 14.8. The van der Waals surface area contributed by atoms with Crippen molar-refractivity contribution < 1.29 is 4.74 Å². The quantitative estimate of drug-likeness (QED) is 0.797. The molecule has 0 aliphatic carbocycles. The van der Waals surface area contributed by atoms with Gasteiger partial charge in [-0.3, -0.25) is 0 Å². The number of aryl methyl sites for hydroxylation is 2. The summed E-state index contributed by atoms with van der Waals surface area (Å²) in [7, 11) is 0. The van der Waals surface area contributed by atoms with Crippen LogP contribution < -0.4 is 10.5 Å². The second kappa shape index (κ2) is 5.50. The van der Waals surface area contributed by atoms with Crippen molar-refractivity contribution in [1.82, 2.24) is 10.2 Å². The molecule has 3 aromatic rings. The minimum absolute atomic E-state index is 0.524. The Bertz CT molecular complexity index is 771. The van der Waals surface area contributed by atoms with Crippen LogP contribution in [0.3, 0.4) is 0 Å². The van der Waals surface area contributed by atoms with Crippen molar-refractivity contribution in [3.8, 4) is 11.6 Å². The van der Waals surface area contributed by atoms with Crippen LogP contribution in [0.4, 0.5) is 0 Å². The summed E-state index contributed by atoms with van der Waals surface area (Å²) in [5.41, 5.74) is 8.89. The molecule has 3 rings (SSSR count). The van der Waals surface area contributed by atoms with Gasteiger partial charge in [-0.15, -0.1) is 5.10 Å². The fourth-order valence-electron chi connectivity index (χ4n) is 2.49. The molecule has 0 atom stereocenters. The predicted octanol–water partition coefficient (Wildman–Crippen LogP) is 3.50. The average molecular weight is 279 g/mol. The molecule has 0 amide bonds. The number of benzene rings is 2. The van der Waals surface area contributed by atoms with E-state index in [1.807, 2.05) is 50.2 Å². The average Bonchev–Trinajstić information content (AvgIpc) is 2.50. The van der Waals surface area contributed by atoms with Gasteiger partial charge >= 0.3 is 0 Å². The van der Waals surface area contributed by atoms with Gasteiger partial charge in [0.2, 0.25) is 5.88 Å². The Kier molecular flexibility index (Phi) is 3.54. The molecule has 0 spiro atoms. The Morgan fingerprint density at radius 3 is 2.52 bits per heavy atom. The van der Waals surface area contributed by atoms with Gasteiger partial charge in [0, 0.05) is 17.3 Å². The molecule has 4 nitrogen and oxygen atoms in total. The van der Waals surface area contributed by atoms with Crippen molar-refractivity contribution in [2.24, 2.45) is 5.73 Å². The van der Waals surface area contributed by atoms with Crippen molar-refractivity contribution in [2.75, 3.05) is 0 Å². The first-order valence-electron chi connectivity index (χ1n) is 6.87. The molecule has 0 aliphatic heterocycles. The molecule has 0 unspecified atom stereocenters. The maximum Gasteiger partial charge on any atom is 0.246 e. The first kappa shape index (κ1) is 13.5. The van der Waals surface area contributed by atoms with E-state index in [1.165, 1.54) is 0 Å². The van der Waals surface area contributed by atoms with Crippen molar-refractivity contribution >= 4 is 10.8 Å². The fourth-order valence-corrected chi connectivity index (χ4v) is 2.49. The first-order chi connectivity index (χ1) is 10.2. The predicted molar refractivity (Wildman–Crippen MR) is 83.4 cm³/mol. The molecule has 0 fully saturated rings. The number of nitrogens with zero attached hydrogens (tertiary/aromatic N) is 2.